The average Bonchev–Trinajstić information content (AvgIpc) is 3.30. The van der Waals surface area contributed by atoms with Crippen molar-refractivity contribution in [1.82, 2.24) is 19.1 Å². The Kier molecular flexibility index (Phi) is 13.0. The molecule has 0 atom stereocenters. The van der Waals surface area contributed by atoms with Gasteiger partial charge in [-0.05, 0) is 25.4 Å². The van der Waals surface area contributed by atoms with Crippen molar-refractivity contribution in [3.05, 3.63) is 61.7 Å². The zero-order valence-corrected chi connectivity index (χ0v) is 16.3. The first kappa shape index (κ1) is 24.3. The van der Waals surface area contributed by atoms with Crippen molar-refractivity contribution >= 4 is 22.8 Å². The largest absolute Gasteiger partial charge is 0.460 e. The zero-order chi connectivity index (χ0) is 20.7. The number of aromatic nitrogens is 4. The molecule has 2 heterocycles. The lowest BCUT2D eigenvalue weighted by Gasteiger charge is -2.04. The van der Waals surface area contributed by atoms with E-state index >= 15 is 0 Å². The van der Waals surface area contributed by atoms with E-state index in [1.54, 1.807) is 38.9 Å². The molecule has 148 valence electrons. The SMILES string of the molecule is C=C(C)C(=O)Cl.C=C(C)C(=O)OCCn1ccnc1.OCCn1ccnc1. The van der Waals surface area contributed by atoms with Gasteiger partial charge in [0.1, 0.15) is 6.61 Å². The van der Waals surface area contributed by atoms with Gasteiger partial charge >= 0.3 is 5.97 Å². The number of rotatable bonds is 7. The quantitative estimate of drug-likeness (QED) is 0.437. The molecule has 2 aromatic rings. The van der Waals surface area contributed by atoms with Crippen molar-refractivity contribution in [2.45, 2.75) is 26.9 Å². The van der Waals surface area contributed by atoms with Crippen LogP contribution in [-0.2, 0) is 27.4 Å². The Bertz CT molecular complexity index is 685. The van der Waals surface area contributed by atoms with Gasteiger partial charge in [0.2, 0.25) is 5.24 Å². The average molecular weight is 397 g/mol. The van der Waals surface area contributed by atoms with Crippen LogP contribution in [0.25, 0.3) is 0 Å². The van der Waals surface area contributed by atoms with E-state index in [9.17, 15) is 9.59 Å². The van der Waals surface area contributed by atoms with Crippen LogP contribution in [-0.4, -0.2) is 48.6 Å². The lowest BCUT2D eigenvalue weighted by molar-refractivity contribution is -0.139. The van der Waals surface area contributed by atoms with Gasteiger partial charge in [-0.25, -0.2) is 14.8 Å². The molecule has 0 saturated heterocycles. The number of hydrogen-bond donors (Lipinski definition) is 1. The summed E-state index contributed by atoms with van der Waals surface area (Å²) < 4.78 is 8.55. The first-order valence-electron chi connectivity index (χ1n) is 7.98. The Morgan fingerprint density at radius 2 is 1.52 bits per heavy atom. The molecule has 0 unspecified atom stereocenters. The van der Waals surface area contributed by atoms with Crippen LogP contribution in [0.5, 0.6) is 0 Å². The fraction of sp³-hybridized carbons (Fsp3) is 0.333. The van der Waals surface area contributed by atoms with Crippen LogP contribution >= 0.6 is 11.6 Å². The Labute approximate surface area is 163 Å². The highest BCUT2D eigenvalue weighted by Gasteiger charge is 2.01. The molecule has 9 heteroatoms. The molecule has 0 fully saturated rings. The molecule has 27 heavy (non-hydrogen) atoms. The van der Waals surface area contributed by atoms with E-state index in [4.69, 9.17) is 21.4 Å². The predicted molar refractivity (Wildman–Crippen MR) is 103 cm³/mol. The highest BCUT2D eigenvalue weighted by atomic mass is 35.5. The third-order valence-corrected chi connectivity index (χ3v) is 3.07. The van der Waals surface area contributed by atoms with E-state index < -0.39 is 5.24 Å². The summed E-state index contributed by atoms with van der Waals surface area (Å²) in [6.45, 7) is 11.7. The molecule has 0 aromatic carbocycles. The molecule has 0 aliphatic heterocycles. The minimum atomic E-state index is -0.463. The second-order valence-electron chi connectivity index (χ2n) is 5.29. The summed E-state index contributed by atoms with van der Waals surface area (Å²) in [7, 11) is 0. The molecular formula is C18H25ClN4O4. The van der Waals surface area contributed by atoms with E-state index in [-0.39, 0.29) is 12.6 Å². The van der Waals surface area contributed by atoms with E-state index in [2.05, 4.69) is 23.1 Å². The minimum absolute atomic E-state index is 0.177. The number of nitrogens with zero attached hydrogens (tertiary/aromatic N) is 4. The molecule has 0 saturated carbocycles. The summed E-state index contributed by atoms with van der Waals surface area (Å²) in [5, 5.41) is 7.93. The predicted octanol–water partition coefficient (Wildman–Crippen LogP) is 2.21. The van der Waals surface area contributed by atoms with Crippen molar-refractivity contribution in [2.24, 2.45) is 0 Å². The van der Waals surface area contributed by atoms with Crippen LogP contribution in [0.2, 0.25) is 0 Å². The number of aliphatic hydroxyl groups is 1. The van der Waals surface area contributed by atoms with Crippen LogP contribution in [0.3, 0.4) is 0 Å². The van der Waals surface area contributed by atoms with E-state index in [0.29, 0.717) is 30.8 Å². The van der Waals surface area contributed by atoms with Gasteiger partial charge in [0.05, 0.1) is 25.8 Å². The summed E-state index contributed by atoms with van der Waals surface area (Å²) >= 11 is 4.87. The van der Waals surface area contributed by atoms with Crippen molar-refractivity contribution in [2.75, 3.05) is 13.2 Å². The van der Waals surface area contributed by atoms with Gasteiger partial charge in [-0.2, -0.15) is 0 Å². The van der Waals surface area contributed by atoms with Crippen molar-refractivity contribution < 1.29 is 19.4 Å². The second-order valence-corrected chi connectivity index (χ2v) is 5.64. The number of halogens is 1. The smallest absolute Gasteiger partial charge is 0.333 e. The van der Waals surface area contributed by atoms with Crippen molar-refractivity contribution in [3.8, 4) is 0 Å². The van der Waals surface area contributed by atoms with E-state index in [1.807, 2.05) is 21.5 Å². The normalized spacial score (nSPS) is 9.19. The van der Waals surface area contributed by atoms with Gasteiger partial charge in [0.25, 0.3) is 0 Å². The van der Waals surface area contributed by atoms with Crippen LogP contribution in [0, 0.1) is 0 Å². The fourth-order valence-corrected chi connectivity index (χ4v) is 1.32. The van der Waals surface area contributed by atoms with Gasteiger partial charge in [-0.1, -0.05) is 13.2 Å². The molecule has 8 nitrogen and oxygen atoms in total. The molecule has 0 spiro atoms. The summed E-state index contributed by atoms with van der Waals surface area (Å²) in [5.41, 5.74) is 0.808. The van der Waals surface area contributed by atoms with Crippen LogP contribution in [0.4, 0.5) is 0 Å². The maximum Gasteiger partial charge on any atom is 0.333 e. The first-order valence-corrected chi connectivity index (χ1v) is 8.36. The molecule has 2 rings (SSSR count). The topological polar surface area (TPSA) is 99.2 Å². The highest BCUT2D eigenvalue weighted by molar-refractivity contribution is 6.67. The molecule has 0 radical (unpaired) electrons. The van der Waals surface area contributed by atoms with Gasteiger partial charge in [-0.15, -0.1) is 0 Å². The molecule has 2 aromatic heterocycles. The number of aliphatic hydroxyl groups excluding tert-OH is 1. The molecule has 0 bridgehead atoms. The molecule has 0 aliphatic carbocycles. The van der Waals surface area contributed by atoms with Crippen molar-refractivity contribution in [3.63, 3.8) is 0 Å². The maximum absolute atomic E-state index is 10.9. The van der Waals surface area contributed by atoms with Gasteiger partial charge in [0.15, 0.2) is 0 Å². The summed E-state index contributed by atoms with van der Waals surface area (Å²) in [6.07, 6.45) is 10.4. The summed E-state index contributed by atoms with van der Waals surface area (Å²) in [5.74, 6) is -0.347. The number of esters is 1. The Balaban J connectivity index is 0.000000413. The van der Waals surface area contributed by atoms with Crippen LogP contribution in [0.15, 0.2) is 61.7 Å². The molecule has 0 aliphatic rings. The minimum Gasteiger partial charge on any atom is -0.460 e. The molecular weight excluding hydrogens is 372 g/mol. The Morgan fingerprint density at radius 1 is 1.04 bits per heavy atom. The van der Waals surface area contributed by atoms with Crippen molar-refractivity contribution in [1.29, 1.82) is 0 Å². The maximum atomic E-state index is 10.9. The summed E-state index contributed by atoms with van der Waals surface area (Å²) in [4.78, 5) is 28.4. The van der Waals surface area contributed by atoms with Crippen LogP contribution in [0.1, 0.15) is 13.8 Å². The number of carbonyl (C=O) groups is 2. The van der Waals surface area contributed by atoms with E-state index in [1.165, 1.54) is 0 Å². The first-order chi connectivity index (χ1) is 12.8. The highest BCUT2D eigenvalue weighted by Crippen LogP contribution is 1.93. The number of hydrogen-bond acceptors (Lipinski definition) is 6. The number of allylic oxidation sites excluding steroid dienone is 1. The Hall–Kier alpha value is -2.71. The zero-order valence-electron chi connectivity index (χ0n) is 15.5. The Morgan fingerprint density at radius 3 is 1.85 bits per heavy atom. The lowest BCUT2D eigenvalue weighted by Crippen LogP contribution is -2.10. The molecule has 0 amide bonds. The van der Waals surface area contributed by atoms with Gasteiger partial charge < -0.3 is 19.0 Å². The third-order valence-electron chi connectivity index (χ3n) is 2.74. The lowest BCUT2D eigenvalue weighted by atomic mass is 10.4. The van der Waals surface area contributed by atoms with Gasteiger partial charge in [-0.3, -0.25) is 4.79 Å². The standard InChI is InChI=1S/C9H12N2O2.C5H8N2O.C4H5ClO/c1-8(2)9(12)13-6-5-11-4-3-10-7-11;8-4-3-7-2-1-6-5-7;1-3(2)4(5)6/h3-4,7H,1,5-6H2,2H3;1-2,5,8H,3-4H2;1H2,2H3. The third kappa shape index (κ3) is 13.2. The fourth-order valence-electron chi connectivity index (χ4n) is 1.32. The number of carbonyl (C=O) groups excluding carboxylic acids is 2. The van der Waals surface area contributed by atoms with Gasteiger partial charge in [0, 0.05) is 42.5 Å². The van der Waals surface area contributed by atoms with Crippen LogP contribution < -0.4 is 0 Å². The summed E-state index contributed by atoms with van der Waals surface area (Å²) in [6, 6.07) is 0. The number of imidazole rings is 2. The second kappa shape index (κ2) is 14.5. The number of ether oxygens (including phenoxy) is 1. The monoisotopic (exact) mass is 396 g/mol. The molecule has 1 N–H and O–H groups in total. The van der Waals surface area contributed by atoms with E-state index in [0.717, 1.165) is 0 Å².